The molecule has 0 radical (unpaired) electrons. The van der Waals surface area contributed by atoms with Gasteiger partial charge in [-0.05, 0) is 19.1 Å². The van der Waals surface area contributed by atoms with Crippen LogP contribution in [0.1, 0.15) is 15.9 Å². The first-order valence-corrected chi connectivity index (χ1v) is 5.03. The summed E-state index contributed by atoms with van der Waals surface area (Å²) in [6, 6.07) is 5.46. The van der Waals surface area contributed by atoms with E-state index >= 15 is 0 Å². The molecule has 0 fully saturated rings. The number of methoxy groups -OCH3 is 1. The number of benzene rings is 1. The smallest absolute Gasteiger partial charge is 0.253 e. The Morgan fingerprint density at radius 1 is 1.50 bits per heavy atom. The van der Waals surface area contributed by atoms with Crippen LogP contribution in [0, 0.1) is 6.92 Å². The number of hydrogen-bond acceptors (Lipinski definition) is 4. The summed E-state index contributed by atoms with van der Waals surface area (Å²) in [7, 11) is 1.59. The van der Waals surface area contributed by atoms with Crippen molar-refractivity contribution in [3.05, 3.63) is 29.3 Å². The Labute approximate surface area is 94.9 Å². The Hall–Kier alpha value is -1.59. The Bertz CT molecular complexity index is 366. The zero-order chi connectivity index (χ0) is 12.0. The highest BCUT2D eigenvalue weighted by Gasteiger charge is 2.10. The van der Waals surface area contributed by atoms with Crippen molar-refractivity contribution >= 4 is 11.6 Å². The van der Waals surface area contributed by atoms with E-state index in [1.54, 1.807) is 19.2 Å². The molecule has 0 aliphatic heterocycles. The van der Waals surface area contributed by atoms with Crippen LogP contribution < -0.4 is 16.6 Å². The fraction of sp³-hybridized carbons (Fsp3) is 0.364. The van der Waals surface area contributed by atoms with Crippen LogP contribution in [0.4, 0.5) is 5.69 Å². The molecule has 16 heavy (non-hydrogen) atoms. The van der Waals surface area contributed by atoms with Gasteiger partial charge in [-0.3, -0.25) is 10.6 Å². The van der Waals surface area contributed by atoms with Crippen molar-refractivity contribution < 1.29 is 9.53 Å². The highest BCUT2D eigenvalue weighted by atomic mass is 16.5. The summed E-state index contributed by atoms with van der Waals surface area (Å²) in [4.78, 5) is 11.8. The summed E-state index contributed by atoms with van der Waals surface area (Å²) in [6.45, 7) is 2.89. The van der Waals surface area contributed by atoms with Crippen molar-refractivity contribution in [2.75, 3.05) is 25.7 Å². The first kappa shape index (κ1) is 12.5. The first-order chi connectivity index (χ1) is 7.69. The van der Waals surface area contributed by atoms with Crippen molar-refractivity contribution in [2.45, 2.75) is 6.92 Å². The lowest BCUT2D eigenvalue weighted by atomic mass is 10.1. The monoisotopic (exact) mass is 223 g/mol. The van der Waals surface area contributed by atoms with Gasteiger partial charge >= 0.3 is 0 Å². The molecule has 0 aliphatic carbocycles. The molecule has 0 atom stereocenters. The quantitative estimate of drug-likeness (QED) is 0.389. The van der Waals surface area contributed by atoms with Gasteiger partial charge in [-0.25, -0.2) is 0 Å². The lowest BCUT2D eigenvalue weighted by molar-refractivity contribution is 0.0938. The molecule has 4 N–H and O–H groups in total. The second-order valence-electron chi connectivity index (χ2n) is 3.44. The van der Waals surface area contributed by atoms with Crippen molar-refractivity contribution in [3.63, 3.8) is 0 Å². The van der Waals surface area contributed by atoms with Crippen LogP contribution in [-0.2, 0) is 4.74 Å². The lowest BCUT2D eigenvalue weighted by Gasteiger charge is -2.10. The Morgan fingerprint density at radius 3 is 2.88 bits per heavy atom. The zero-order valence-electron chi connectivity index (χ0n) is 9.54. The third-order valence-electron chi connectivity index (χ3n) is 2.17. The maximum atomic E-state index is 11.8. The molecule has 1 amide bonds. The van der Waals surface area contributed by atoms with E-state index in [-0.39, 0.29) is 5.91 Å². The normalized spacial score (nSPS) is 9.94. The van der Waals surface area contributed by atoms with Crippen LogP contribution in [-0.4, -0.2) is 26.2 Å². The van der Waals surface area contributed by atoms with E-state index in [1.165, 1.54) is 0 Å². The molecule has 0 heterocycles. The van der Waals surface area contributed by atoms with Crippen LogP contribution in [0.3, 0.4) is 0 Å². The van der Waals surface area contributed by atoms with E-state index < -0.39 is 0 Å². The number of ether oxygens (including phenoxy) is 1. The third kappa shape index (κ3) is 3.22. The van der Waals surface area contributed by atoms with Gasteiger partial charge in [-0.15, -0.1) is 0 Å². The van der Waals surface area contributed by atoms with E-state index in [0.29, 0.717) is 24.4 Å². The van der Waals surface area contributed by atoms with Crippen molar-refractivity contribution in [3.8, 4) is 0 Å². The van der Waals surface area contributed by atoms with Crippen molar-refractivity contribution in [1.29, 1.82) is 0 Å². The van der Waals surface area contributed by atoms with E-state index in [0.717, 1.165) is 5.56 Å². The number of hydrogen-bond donors (Lipinski definition) is 3. The van der Waals surface area contributed by atoms with Gasteiger partial charge in [-0.2, -0.15) is 0 Å². The summed E-state index contributed by atoms with van der Waals surface area (Å²) in [5.74, 6) is 5.18. The molecule has 5 heteroatoms. The molecule has 1 rings (SSSR count). The molecule has 0 aromatic heterocycles. The summed E-state index contributed by atoms with van der Waals surface area (Å²) in [5.41, 5.74) is 4.66. The van der Waals surface area contributed by atoms with Gasteiger partial charge in [0.05, 0.1) is 17.9 Å². The number of anilines is 1. The number of nitrogens with two attached hydrogens (primary N) is 1. The summed E-state index contributed by atoms with van der Waals surface area (Å²) >= 11 is 0. The molecule has 0 bridgehead atoms. The number of nitrogen functional groups attached to an aromatic ring is 1. The number of aryl methyl sites for hydroxylation is 1. The molecule has 0 saturated heterocycles. The van der Waals surface area contributed by atoms with Crippen LogP contribution in [0.25, 0.3) is 0 Å². The average Bonchev–Trinajstić information content (AvgIpc) is 2.29. The number of hydrazine groups is 1. The fourth-order valence-electron chi connectivity index (χ4n) is 1.33. The maximum Gasteiger partial charge on any atom is 0.253 e. The second kappa shape index (κ2) is 6.09. The number of rotatable bonds is 5. The molecular formula is C11H17N3O2. The molecule has 1 aromatic carbocycles. The van der Waals surface area contributed by atoms with E-state index in [9.17, 15) is 4.79 Å². The van der Waals surface area contributed by atoms with Gasteiger partial charge in [0.15, 0.2) is 0 Å². The zero-order valence-corrected chi connectivity index (χ0v) is 9.54. The van der Waals surface area contributed by atoms with Crippen LogP contribution in [0.5, 0.6) is 0 Å². The number of carbonyl (C=O) groups excluding carboxylic acids is 1. The molecular weight excluding hydrogens is 206 g/mol. The molecule has 0 aliphatic rings. The van der Waals surface area contributed by atoms with Crippen LogP contribution in [0.15, 0.2) is 18.2 Å². The van der Waals surface area contributed by atoms with Gasteiger partial charge in [0.2, 0.25) is 0 Å². The van der Waals surface area contributed by atoms with E-state index in [2.05, 4.69) is 10.7 Å². The topological polar surface area (TPSA) is 76.4 Å². The molecule has 0 unspecified atom stereocenters. The van der Waals surface area contributed by atoms with Gasteiger partial charge < -0.3 is 15.5 Å². The third-order valence-corrected chi connectivity index (χ3v) is 2.17. The lowest BCUT2D eigenvalue weighted by Crippen LogP contribution is -2.28. The predicted molar refractivity (Wildman–Crippen MR) is 63.2 cm³/mol. The number of amides is 1. The molecule has 5 nitrogen and oxygen atoms in total. The summed E-state index contributed by atoms with van der Waals surface area (Å²) in [6.07, 6.45) is 0. The minimum atomic E-state index is -0.159. The van der Waals surface area contributed by atoms with E-state index in [4.69, 9.17) is 10.6 Å². The van der Waals surface area contributed by atoms with Gasteiger partial charge in [0.1, 0.15) is 0 Å². The number of carbonyl (C=O) groups is 1. The minimum Gasteiger partial charge on any atom is -0.383 e. The minimum absolute atomic E-state index is 0.159. The van der Waals surface area contributed by atoms with E-state index in [1.807, 2.05) is 13.0 Å². The Morgan fingerprint density at radius 2 is 2.25 bits per heavy atom. The SMILES string of the molecule is COCCNC(=O)c1cc(C)ccc1NN. The highest BCUT2D eigenvalue weighted by Crippen LogP contribution is 2.15. The van der Waals surface area contributed by atoms with Gasteiger partial charge in [-0.1, -0.05) is 11.6 Å². The first-order valence-electron chi connectivity index (χ1n) is 5.03. The standard InChI is InChI=1S/C11H17N3O2/c1-8-3-4-10(14-12)9(7-8)11(15)13-5-6-16-2/h3-4,7,14H,5-6,12H2,1-2H3,(H,13,15). The maximum absolute atomic E-state index is 11.8. The van der Waals surface area contributed by atoms with Gasteiger partial charge in [0.25, 0.3) is 5.91 Å². The molecule has 0 spiro atoms. The van der Waals surface area contributed by atoms with Crippen molar-refractivity contribution in [2.24, 2.45) is 5.84 Å². The average molecular weight is 223 g/mol. The van der Waals surface area contributed by atoms with Crippen molar-refractivity contribution in [1.82, 2.24) is 5.32 Å². The van der Waals surface area contributed by atoms with Gasteiger partial charge in [0, 0.05) is 13.7 Å². The largest absolute Gasteiger partial charge is 0.383 e. The summed E-state index contributed by atoms with van der Waals surface area (Å²) < 4.78 is 4.85. The Balaban J connectivity index is 2.76. The predicted octanol–water partition coefficient (Wildman–Crippen LogP) is 0.657. The summed E-state index contributed by atoms with van der Waals surface area (Å²) in [5, 5.41) is 2.74. The van der Waals surface area contributed by atoms with Crippen LogP contribution >= 0.6 is 0 Å². The second-order valence-corrected chi connectivity index (χ2v) is 3.44. The molecule has 1 aromatic rings. The Kier molecular flexibility index (Phi) is 4.75. The fourth-order valence-corrected chi connectivity index (χ4v) is 1.33. The van der Waals surface area contributed by atoms with Crippen LogP contribution in [0.2, 0.25) is 0 Å². The molecule has 88 valence electrons. The number of nitrogens with one attached hydrogen (secondary N) is 2. The highest BCUT2D eigenvalue weighted by molar-refractivity contribution is 5.99. The molecule has 0 saturated carbocycles.